The van der Waals surface area contributed by atoms with Gasteiger partial charge in [0.1, 0.15) is 0 Å². The van der Waals surface area contributed by atoms with Gasteiger partial charge in [0.25, 0.3) is 5.91 Å². The zero-order valence-electron chi connectivity index (χ0n) is 16.3. The van der Waals surface area contributed by atoms with Gasteiger partial charge >= 0.3 is 0 Å². The predicted molar refractivity (Wildman–Crippen MR) is 112 cm³/mol. The molecule has 150 valence electrons. The lowest BCUT2D eigenvalue weighted by Gasteiger charge is -2.57. The Morgan fingerprint density at radius 2 is 1.46 bits per heavy atom. The smallest absolute Gasteiger partial charge is 0.251 e. The molecule has 0 unspecified atom stereocenters. The van der Waals surface area contributed by atoms with E-state index in [9.17, 15) is 9.59 Å². The highest BCUT2D eigenvalue weighted by Crippen LogP contribution is 2.60. The molecule has 5 heteroatoms. The maximum absolute atomic E-state index is 13.5. The van der Waals surface area contributed by atoms with Gasteiger partial charge in [-0.3, -0.25) is 9.59 Å². The summed E-state index contributed by atoms with van der Waals surface area (Å²) >= 11 is 3.40. The number of nitrogens with one attached hydrogen (secondary N) is 1. The van der Waals surface area contributed by atoms with Crippen LogP contribution in [0.5, 0.6) is 0 Å². The molecule has 1 aromatic rings. The second-order valence-electron chi connectivity index (χ2n) is 9.74. The highest BCUT2D eigenvalue weighted by atomic mass is 79.9. The molecule has 4 saturated carbocycles. The van der Waals surface area contributed by atoms with Crippen molar-refractivity contribution in [2.45, 2.75) is 57.4 Å². The van der Waals surface area contributed by atoms with Crippen LogP contribution >= 0.6 is 15.9 Å². The summed E-state index contributed by atoms with van der Waals surface area (Å²) in [6, 6.07) is 7.62. The molecule has 4 aliphatic carbocycles. The fourth-order valence-electron chi connectivity index (χ4n) is 6.80. The van der Waals surface area contributed by atoms with E-state index in [1.165, 1.54) is 19.3 Å². The SMILES string of the molecule is O=C(NC1CCN(C(=O)C23CC4CC(CC(C4)C2)C3)CC1)c1ccc(Br)cc1. The fraction of sp³-hybridized carbons (Fsp3) is 0.652. The summed E-state index contributed by atoms with van der Waals surface area (Å²) in [7, 11) is 0. The number of rotatable bonds is 3. The molecule has 1 N–H and O–H groups in total. The van der Waals surface area contributed by atoms with E-state index < -0.39 is 0 Å². The molecule has 2 amide bonds. The lowest BCUT2D eigenvalue weighted by atomic mass is 9.49. The van der Waals surface area contributed by atoms with Crippen molar-refractivity contribution in [3.05, 3.63) is 34.3 Å². The Kier molecular flexibility index (Phi) is 4.77. The Morgan fingerprint density at radius 1 is 0.929 bits per heavy atom. The predicted octanol–water partition coefficient (Wildman–Crippen LogP) is 4.39. The third-order valence-electron chi connectivity index (χ3n) is 7.72. The summed E-state index contributed by atoms with van der Waals surface area (Å²) in [6.45, 7) is 1.57. The van der Waals surface area contributed by atoms with Crippen LogP contribution < -0.4 is 5.32 Å². The first kappa shape index (κ1) is 18.7. The van der Waals surface area contributed by atoms with Gasteiger partial charge in [-0.15, -0.1) is 0 Å². The van der Waals surface area contributed by atoms with Crippen molar-refractivity contribution < 1.29 is 9.59 Å². The number of carbonyl (C=O) groups is 2. The van der Waals surface area contributed by atoms with E-state index in [1.54, 1.807) is 0 Å². The van der Waals surface area contributed by atoms with Crippen LogP contribution in [0.25, 0.3) is 0 Å². The Bertz CT molecular complexity index is 732. The minimum absolute atomic E-state index is 0.0154. The lowest BCUT2D eigenvalue weighted by Crippen LogP contribution is -2.56. The van der Waals surface area contributed by atoms with Gasteiger partial charge < -0.3 is 10.2 Å². The van der Waals surface area contributed by atoms with Crippen molar-refractivity contribution in [2.75, 3.05) is 13.1 Å². The highest BCUT2D eigenvalue weighted by molar-refractivity contribution is 9.10. The van der Waals surface area contributed by atoms with Gasteiger partial charge in [-0.25, -0.2) is 0 Å². The highest BCUT2D eigenvalue weighted by Gasteiger charge is 2.55. The van der Waals surface area contributed by atoms with Crippen molar-refractivity contribution >= 4 is 27.7 Å². The topological polar surface area (TPSA) is 49.4 Å². The van der Waals surface area contributed by atoms with Gasteiger partial charge in [0, 0.05) is 29.2 Å². The van der Waals surface area contributed by atoms with Crippen molar-refractivity contribution in [1.29, 1.82) is 0 Å². The number of nitrogens with zero attached hydrogens (tertiary/aromatic N) is 1. The molecule has 4 bridgehead atoms. The molecule has 4 nitrogen and oxygen atoms in total. The first-order chi connectivity index (χ1) is 13.5. The standard InChI is InChI=1S/C23H29BrN2O2/c24-19-3-1-18(2-4-19)21(27)25-20-5-7-26(8-6-20)22(28)23-12-15-9-16(13-23)11-17(10-15)14-23/h1-4,15-17,20H,5-14H2,(H,25,27). The van der Waals surface area contributed by atoms with Crippen LogP contribution in [0.4, 0.5) is 0 Å². The second kappa shape index (κ2) is 7.16. The number of halogens is 1. The average Bonchev–Trinajstić information content (AvgIpc) is 2.67. The van der Waals surface area contributed by atoms with Crippen LogP contribution in [0.1, 0.15) is 61.7 Å². The maximum Gasteiger partial charge on any atom is 0.251 e. The average molecular weight is 445 g/mol. The van der Waals surface area contributed by atoms with E-state index in [0.29, 0.717) is 11.5 Å². The van der Waals surface area contributed by atoms with Crippen LogP contribution in [-0.2, 0) is 4.79 Å². The van der Waals surface area contributed by atoms with E-state index in [2.05, 4.69) is 26.1 Å². The van der Waals surface area contributed by atoms with Crippen LogP contribution in [0.2, 0.25) is 0 Å². The summed E-state index contributed by atoms with van der Waals surface area (Å²) in [5.74, 6) is 2.83. The third kappa shape index (κ3) is 3.40. The van der Waals surface area contributed by atoms with E-state index in [0.717, 1.165) is 67.4 Å². The molecule has 0 radical (unpaired) electrons. The number of piperidine rings is 1. The zero-order chi connectivity index (χ0) is 19.3. The number of hydrogen-bond acceptors (Lipinski definition) is 2. The van der Waals surface area contributed by atoms with Gasteiger partial charge in [0.05, 0.1) is 5.41 Å². The molecule has 5 fully saturated rings. The molecule has 1 aliphatic heterocycles. The number of likely N-dealkylation sites (tertiary alicyclic amines) is 1. The molecule has 1 aromatic carbocycles. The number of benzene rings is 1. The monoisotopic (exact) mass is 444 g/mol. The van der Waals surface area contributed by atoms with E-state index >= 15 is 0 Å². The molecule has 0 aromatic heterocycles. The molecular weight excluding hydrogens is 416 g/mol. The number of carbonyl (C=O) groups excluding carboxylic acids is 2. The molecule has 1 saturated heterocycles. The van der Waals surface area contributed by atoms with Gasteiger partial charge in [-0.1, -0.05) is 15.9 Å². The third-order valence-corrected chi connectivity index (χ3v) is 8.24. The van der Waals surface area contributed by atoms with Crippen molar-refractivity contribution in [3.8, 4) is 0 Å². The summed E-state index contributed by atoms with van der Waals surface area (Å²) < 4.78 is 0.973. The quantitative estimate of drug-likeness (QED) is 0.751. The van der Waals surface area contributed by atoms with Crippen LogP contribution in [0, 0.1) is 23.2 Å². The molecule has 6 rings (SSSR count). The van der Waals surface area contributed by atoms with Gasteiger partial charge in [-0.05, 0) is 93.4 Å². The first-order valence-corrected chi connectivity index (χ1v) is 11.7. The molecule has 28 heavy (non-hydrogen) atoms. The Morgan fingerprint density at radius 3 is 2.00 bits per heavy atom. The molecule has 0 atom stereocenters. The van der Waals surface area contributed by atoms with Gasteiger partial charge in [0.15, 0.2) is 0 Å². The van der Waals surface area contributed by atoms with Crippen LogP contribution in [0.15, 0.2) is 28.7 Å². The zero-order valence-corrected chi connectivity index (χ0v) is 17.9. The molecule has 5 aliphatic rings. The minimum Gasteiger partial charge on any atom is -0.349 e. The van der Waals surface area contributed by atoms with Crippen molar-refractivity contribution in [1.82, 2.24) is 10.2 Å². The Balaban J connectivity index is 1.18. The fourth-order valence-corrected chi connectivity index (χ4v) is 7.07. The van der Waals surface area contributed by atoms with E-state index in [1.807, 2.05) is 24.3 Å². The maximum atomic E-state index is 13.5. The molecule has 0 spiro atoms. The number of amides is 2. The first-order valence-electron chi connectivity index (χ1n) is 10.9. The summed E-state index contributed by atoms with van der Waals surface area (Å²) in [5, 5.41) is 3.16. The summed E-state index contributed by atoms with van der Waals surface area (Å²) in [5.41, 5.74) is 0.651. The summed E-state index contributed by atoms with van der Waals surface area (Å²) in [6.07, 6.45) is 9.25. The van der Waals surface area contributed by atoms with Crippen LogP contribution in [0.3, 0.4) is 0 Å². The van der Waals surface area contributed by atoms with Crippen LogP contribution in [-0.4, -0.2) is 35.8 Å². The van der Waals surface area contributed by atoms with Gasteiger partial charge in [-0.2, -0.15) is 0 Å². The normalized spacial score (nSPS) is 34.5. The lowest BCUT2D eigenvalue weighted by molar-refractivity contribution is -0.158. The minimum atomic E-state index is -0.0394. The number of hydrogen-bond donors (Lipinski definition) is 1. The van der Waals surface area contributed by atoms with E-state index in [4.69, 9.17) is 0 Å². The Hall–Kier alpha value is -1.36. The van der Waals surface area contributed by atoms with Crippen molar-refractivity contribution in [2.24, 2.45) is 23.2 Å². The largest absolute Gasteiger partial charge is 0.349 e. The molecular formula is C23H29BrN2O2. The van der Waals surface area contributed by atoms with Crippen molar-refractivity contribution in [3.63, 3.8) is 0 Å². The van der Waals surface area contributed by atoms with Gasteiger partial charge in [0.2, 0.25) is 5.91 Å². The Labute approximate surface area is 175 Å². The second-order valence-corrected chi connectivity index (χ2v) is 10.7. The van der Waals surface area contributed by atoms with E-state index in [-0.39, 0.29) is 17.4 Å². The molecule has 1 heterocycles. The summed E-state index contributed by atoms with van der Waals surface area (Å²) in [4.78, 5) is 28.1.